The van der Waals surface area contributed by atoms with Gasteiger partial charge in [-0.1, -0.05) is 30.3 Å². The van der Waals surface area contributed by atoms with E-state index in [9.17, 15) is 9.59 Å². The summed E-state index contributed by atoms with van der Waals surface area (Å²) in [5, 5.41) is 4.45. The Morgan fingerprint density at radius 3 is 2.37 bits per heavy atom. The number of rotatable bonds is 7. The highest BCUT2D eigenvalue weighted by atomic mass is 32.2. The number of hydrogen-bond acceptors (Lipinski definition) is 5. The monoisotopic (exact) mass is 423 g/mol. The number of hydrogen-bond donors (Lipinski definition) is 0. The summed E-state index contributed by atoms with van der Waals surface area (Å²) in [5.41, 5.74) is 3.52. The molecule has 0 saturated carbocycles. The van der Waals surface area contributed by atoms with Crippen LogP contribution in [0, 0.1) is 13.8 Å². The number of amides is 1. The first-order chi connectivity index (χ1) is 14.4. The standard InChI is InChI=1S/C23H25N3O3S/c1-16-22(17(2)26(24-16)19-8-6-5-7-9-19)23(28)29-15-21(27)25(3)14-18-10-12-20(30-4)13-11-18/h5-13H,14-15H2,1-4H3. The highest BCUT2D eigenvalue weighted by Gasteiger charge is 2.22. The Morgan fingerprint density at radius 1 is 1.07 bits per heavy atom. The van der Waals surface area contributed by atoms with Gasteiger partial charge < -0.3 is 9.64 Å². The Bertz CT molecular complexity index is 1030. The second-order valence-corrected chi connectivity index (χ2v) is 7.85. The molecule has 0 N–H and O–H groups in total. The molecule has 3 aromatic rings. The van der Waals surface area contributed by atoms with Gasteiger partial charge >= 0.3 is 5.97 Å². The third-order valence-corrected chi connectivity index (χ3v) is 5.57. The zero-order valence-electron chi connectivity index (χ0n) is 17.6. The summed E-state index contributed by atoms with van der Waals surface area (Å²) >= 11 is 1.67. The van der Waals surface area contributed by atoms with Crippen LogP contribution in [0.2, 0.25) is 0 Å². The van der Waals surface area contributed by atoms with Crippen LogP contribution in [0.5, 0.6) is 0 Å². The predicted octanol–water partition coefficient (Wildman–Crippen LogP) is 4.03. The van der Waals surface area contributed by atoms with Gasteiger partial charge in [0.05, 0.1) is 17.1 Å². The molecule has 3 rings (SSSR count). The fraction of sp³-hybridized carbons (Fsp3) is 0.261. The third-order valence-electron chi connectivity index (χ3n) is 4.83. The Balaban J connectivity index is 1.62. The minimum Gasteiger partial charge on any atom is -0.452 e. The topological polar surface area (TPSA) is 64.4 Å². The maximum absolute atomic E-state index is 12.6. The summed E-state index contributed by atoms with van der Waals surface area (Å²) in [5.74, 6) is -0.804. The molecule has 1 amide bonds. The van der Waals surface area contributed by atoms with Gasteiger partial charge in [0.1, 0.15) is 5.56 Å². The molecule has 0 aliphatic heterocycles. The first-order valence-corrected chi connectivity index (χ1v) is 10.8. The van der Waals surface area contributed by atoms with Crippen LogP contribution in [0.3, 0.4) is 0 Å². The average Bonchev–Trinajstić information content (AvgIpc) is 3.06. The highest BCUT2D eigenvalue weighted by Crippen LogP contribution is 2.19. The van der Waals surface area contributed by atoms with Gasteiger partial charge in [-0.15, -0.1) is 11.8 Å². The third kappa shape index (κ3) is 4.91. The number of likely N-dealkylation sites (N-methyl/N-ethyl adjacent to an activating group) is 1. The van der Waals surface area contributed by atoms with Crippen molar-refractivity contribution in [2.45, 2.75) is 25.3 Å². The van der Waals surface area contributed by atoms with E-state index in [-0.39, 0.29) is 12.5 Å². The van der Waals surface area contributed by atoms with Crippen molar-refractivity contribution < 1.29 is 14.3 Å². The Kier molecular flexibility index (Phi) is 6.95. The second-order valence-electron chi connectivity index (χ2n) is 6.97. The average molecular weight is 424 g/mol. The number of thioether (sulfide) groups is 1. The molecule has 0 radical (unpaired) electrons. The number of aromatic nitrogens is 2. The number of esters is 1. The first-order valence-electron chi connectivity index (χ1n) is 9.56. The van der Waals surface area contributed by atoms with E-state index >= 15 is 0 Å². The van der Waals surface area contributed by atoms with Gasteiger partial charge in [-0.25, -0.2) is 9.48 Å². The highest BCUT2D eigenvalue weighted by molar-refractivity contribution is 7.98. The summed E-state index contributed by atoms with van der Waals surface area (Å²) in [6.45, 7) is 3.72. The van der Waals surface area contributed by atoms with Crippen molar-refractivity contribution in [1.82, 2.24) is 14.7 Å². The molecule has 0 aliphatic carbocycles. The van der Waals surface area contributed by atoms with Crippen molar-refractivity contribution in [3.05, 3.63) is 77.1 Å². The SMILES string of the molecule is CSc1ccc(CN(C)C(=O)COC(=O)c2c(C)nn(-c3ccccc3)c2C)cc1. The van der Waals surface area contributed by atoms with Crippen LogP contribution in [0.25, 0.3) is 5.69 Å². The molecule has 0 spiro atoms. The normalized spacial score (nSPS) is 10.7. The minimum atomic E-state index is -0.543. The molecule has 0 aliphatic rings. The van der Waals surface area contributed by atoms with E-state index < -0.39 is 5.97 Å². The summed E-state index contributed by atoms with van der Waals surface area (Å²) in [6.07, 6.45) is 2.02. The van der Waals surface area contributed by atoms with Crippen LogP contribution in [0.15, 0.2) is 59.5 Å². The zero-order chi connectivity index (χ0) is 21.7. The molecule has 6 nitrogen and oxygen atoms in total. The lowest BCUT2D eigenvalue weighted by Crippen LogP contribution is -2.31. The molecule has 1 heterocycles. The predicted molar refractivity (Wildman–Crippen MR) is 118 cm³/mol. The molecule has 0 saturated heterocycles. The second kappa shape index (κ2) is 9.63. The van der Waals surface area contributed by atoms with Crippen LogP contribution in [0.4, 0.5) is 0 Å². The van der Waals surface area contributed by atoms with E-state index in [0.717, 1.165) is 11.3 Å². The van der Waals surface area contributed by atoms with E-state index in [4.69, 9.17) is 4.74 Å². The summed E-state index contributed by atoms with van der Waals surface area (Å²) in [7, 11) is 1.70. The van der Waals surface area contributed by atoms with Crippen molar-refractivity contribution in [3.63, 3.8) is 0 Å². The maximum atomic E-state index is 12.6. The van der Waals surface area contributed by atoms with Gasteiger partial charge in [0, 0.05) is 18.5 Å². The van der Waals surface area contributed by atoms with Crippen molar-refractivity contribution in [2.75, 3.05) is 19.9 Å². The largest absolute Gasteiger partial charge is 0.452 e. The molecular weight excluding hydrogens is 398 g/mol. The lowest BCUT2D eigenvalue weighted by atomic mass is 10.2. The summed E-state index contributed by atoms with van der Waals surface area (Å²) in [4.78, 5) is 27.8. The van der Waals surface area contributed by atoms with E-state index in [1.54, 1.807) is 35.3 Å². The lowest BCUT2D eigenvalue weighted by molar-refractivity contribution is -0.133. The molecule has 1 aromatic heterocycles. The Hall–Kier alpha value is -3.06. The smallest absolute Gasteiger partial charge is 0.342 e. The van der Waals surface area contributed by atoms with Gasteiger partial charge in [0.25, 0.3) is 5.91 Å². The van der Waals surface area contributed by atoms with Crippen LogP contribution in [-0.2, 0) is 16.1 Å². The first kappa shape index (κ1) is 21.6. The fourth-order valence-electron chi connectivity index (χ4n) is 3.16. The Labute approximate surface area is 180 Å². The lowest BCUT2D eigenvalue weighted by Gasteiger charge is -2.17. The molecule has 156 valence electrons. The summed E-state index contributed by atoms with van der Waals surface area (Å²) < 4.78 is 7.02. The molecule has 0 unspecified atom stereocenters. The quantitative estimate of drug-likeness (QED) is 0.424. The maximum Gasteiger partial charge on any atom is 0.342 e. The molecule has 2 aromatic carbocycles. The number of carbonyl (C=O) groups is 2. The number of nitrogens with zero attached hydrogens (tertiary/aromatic N) is 3. The van der Waals surface area contributed by atoms with E-state index in [2.05, 4.69) is 5.10 Å². The number of aryl methyl sites for hydroxylation is 1. The van der Waals surface area contributed by atoms with Crippen molar-refractivity contribution in [1.29, 1.82) is 0 Å². The van der Waals surface area contributed by atoms with E-state index in [0.29, 0.717) is 23.5 Å². The fourth-order valence-corrected chi connectivity index (χ4v) is 3.57. The molecule has 0 fully saturated rings. The Morgan fingerprint density at radius 2 is 1.73 bits per heavy atom. The number of benzene rings is 2. The number of carbonyl (C=O) groups excluding carboxylic acids is 2. The minimum absolute atomic E-state index is 0.261. The molecule has 0 bridgehead atoms. The molecule has 7 heteroatoms. The van der Waals surface area contributed by atoms with Gasteiger partial charge in [0.2, 0.25) is 0 Å². The van der Waals surface area contributed by atoms with Gasteiger partial charge in [-0.2, -0.15) is 5.10 Å². The molecular formula is C23H25N3O3S. The zero-order valence-corrected chi connectivity index (χ0v) is 18.4. The number of ether oxygens (including phenoxy) is 1. The van der Waals surface area contributed by atoms with Gasteiger partial charge in [0.15, 0.2) is 6.61 Å². The van der Waals surface area contributed by atoms with Crippen LogP contribution in [0.1, 0.15) is 27.3 Å². The summed E-state index contributed by atoms with van der Waals surface area (Å²) in [6, 6.07) is 17.6. The van der Waals surface area contributed by atoms with E-state index in [1.165, 1.54) is 4.90 Å². The van der Waals surface area contributed by atoms with Crippen molar-refractivity contribution in [2.24, 2.45) is 0 Å². The van der Waals surface area contributed by atoms with Crippen LogP contribution in [-0.4, -0.2) is 46.5 Å². The van der Waals surface area contributed by atoms with Gasteiger partial charge in [-0.05, 0) is 49.9 Å². The molecule has 0 atom stereocenters. The van der Waals surface area contributed by atoms with E-state index in [1.807, 2.05) is 67.8 Å². The van der Waals surface area contributed by atoms with Crippen molar-refractivity contribution in [3.8, 4) is 5.69 Å². The van der Waals surface area contributed by atoms with Gasteiger partial charge in [-0.3, -0.25) is 4.79 Å². The van der Waals surface area contributed by atoms with Crippen molar-refractivity contribution >= 4 is 23.6 Å². The number of para-hydroxylation sites is 1. The van der Waals surface area contributed by atoms with Crippen LogP contribution >= 0.6 is 11.8 Å². The molecule has 30 heavy (non-hydrogen) atoms. The van der Waals surface area contributed by atoms with Crippen LogP contribution < -0.4 is 0 Å².